The molecule has 0 aliphatic carbocycles. The van der Waals surface area contributed by atoms with Crippen molar-refractivity contribution in [1.29, 1.82) is 0 Å². The zero-order valence-electron chi connectivity index (χ0n) is 15.2. The summed E-state index contributed by atoms with van der Waals surface area (Å²) in [7, 11) is 1.85. The van der Waals surface area contributed by atoms with Gasteiger partial charge in [0, 0.05) is 31.0 Å². The van der Waals surface area contributed by atoms with Crippen LogP contribution in [0.1, 0.15) is 43.1 Å². The molecule has 6 heteroatoms. The largest absolute Gasteiger partial charge is 0.387 e. The van der Waals surface area contributed by atoms with E-state index in [2.05, 4.69) is 39.1 Å². The van der Waals surface area contributed by atoms with E-state index in [0.29, 0.717) is 5.95 Å². The molecule has 0 atom stereocenters. The maximum Gasteiger partial charge on any atom is 0.221 e. The Kier molecular flexibility index (Phi) is 7.19. The van der Waals surface area contributed by atoms with Crippen molar-refractivity contribution in [3.8, 4) is 0 Å². The molecule has 134 valence electrons. The summed E-state index contributed by atoms with van der Waals surface area (Å²) in [4.78, 5) is 13.1. The van der Waals surface area contributed by atoms with Crippen LogP contribution < -0.4 is 16.4 Å². The summed E-state index contributed by atoms with van der Waals surface area (Å²) in [5.41, 5.74) is 9.50. The molecule has 0 aliphatic heterocycles. The summed E-state index contributed by atoms with van der Waals surface area (Å²) in [5, 5.41) is 6.42. The molecular formula is C19H28N6. The van der Waals surface area contributed by atoms with Gasteiger partial charge in [-0.2, -0.15) is 4.98 Å². The number of aryl methyl sites for hydroxylation is 2. The molecule has 0 unspecified atom stereocenters. The molecule has 0 amide bonds. The van der Waals surface area contributed by atoms with Gasteiger partial charge in [-0.15, -0.1) is 0 Å². The summed E-state index contributed by atoms with van der Waals surface area (Å²) in [6, 6.07) is 5.98. The minimum absolute atomic E-state index is 0.298. The van der Waals surface area contributed by atoms with Crippen molar-refractivity contribution in [3.63, 3.8) is 0 Å². The number of unbranched alkanes of at least 4 members (excludes halogenated alkanes) is 2. The summed E-state index contributed by atoms with van der Waals surface area (Å²) < 4.78 is 0. The number of aromatic nitrogens is 3. The lowest BCUT2D eigenvalue weighted by molar-refractivity contribution is 0.741. The molecule has 6 nitrogen and oxygen atoms in total. The van der Waals surface area contributed by atoms with Crippen LogP contribution in [0.2, 0.25) is 0 Å². The van der Waals surface area contributed by atoms with E-state index in [4.69, 9.17) is 5.73 Å². The van der Waals surface area contributed by atoms with Gasteiger partial charge in [-0.1, -0.05) is 32.4 Å². The lowest BCUT2D eigenvalue weighted by Gasteiger charge is -2.11. The van der Waals surface area contributed by atoms with Gasteiger partial charge in [0.2, 0.25) is 5.95 Å². The first kappa shape index (κ1) is 18.7. The predicted molar refractivity (Wildman–Crippen MR) is 104 cm³/mol. The quantitative estimate of drug-likeness (QED) is 0.576. The van der Waals surface area contributed by atoms with Gasteiger partial charge >= 0.3 is 0 Å². The van der Waals surface area contributed by atoms with Gasteiger partial charge in [-0.25, -0.2) is 4.98 Å². The van der Waals surface area contributed by atoms with Crippen molar-refractivity contribution in [2.45, 2.75) is 39.0 Å². The summed E-state index contributed by atoms with van der Waals surface area (Å²) >= 11 is 0. The second kappa shape index (κ2) is 9.61. The fraction of sp³-hybridized carbons (Fsp3) is 0.421. The molecule has 4 N–H and O–H groups in total. The van der Waals surface area contributed by atoms with E-state index in [9.17, 15) is 0 Å². The molecular weight excluding hydrogens is 312 g/mol. The molecule has 2 rings (SSSR count). The Hall–Kier alpha value is -2.63. The molecule has 2 aromatic rings. The van der Waals surface area contributed by atoms with Gasteiger partial charge in [0.05, 0.1) is 11.4 Å². The zero-order chi connectivity index (χ0) is 18.1. The van der Waals surface area contributed by atoms with Crippen molar-refractivity contribution in [3.05, 3.63) is 47.9 Å². The van der Waals surface area contributed by atoms with Gasteiger partial charge in [0.15, 0.2) is 0 Å². The fourth-order valence-electron chi connectivity index (χ4n) is 2.52. The van der Waals surface area contributed by atoms with Gasteiger partial charge in [0.25, 0.3) is 0 Å². The molecule has 0 spiro atoms. The van der Waals surface area contributed by atoms with Crippen LogP contribution in [-0.4, -0.2) is 28.5 Å². The van der Waals surface area contributed by atoms with Crippen LogP contribution in [0.3, 0.4) is 0 Å². The van der Waals surface area contributed by atoms with Crippen molar-refractivity contribution >= 4 is 17.5 Å². The summed E-state index contributed by atoms with van der Waals surface area (Å²) in [6.07, 6.45) is 6.94. The first-order valence-electron chi connectivity index (χ1n) is 8.82. The third-order valence-corrected chi connectivity index (χ3v) is 4.02. The molecule has 0 fully saturated rings. The van der Waals surface area contributed by atoms with E-state index in [0.717, 1.165) is 54.3 Å². The number of anilines is 2. The lowest BCUT2D eigenvalue weighted by atomic mass is 10.1. The van der Waals surface area contributed by atoms with Crippen LogP contribution >= 0.6 is 0 Å². The van der Waals surface area contributed by atoms with Crippen molar-refractivity contribution < 1.29 is 0 Å². The van der Waals surface area contributed by atoms with Crippen molar-refractivity contribution in [1.82, 2.24) is 20.3 Å². The Bertz CT molecular complexity index is 698. The minimum atomic E-state index is 0.298. The van der Waals surface area contributed by atoms with Crippen LogP contribution in [0.4, 0.5) is 11.8 Å². The molecule has 0 bridgehead atoms. The smallest absolute Gasteiger partial charge is 0.221 e. The second-order valence-electron chi connectivity index (χ2n) is 5.98. The summed E-state index contributed by atoms with van der Waals surface area (Å²) in [5.74, 6) is 1.13. The average Bonchev–Trinajstić information content (AvgIpc) is 2.64. The highest BCUT2D eigenvalue weighted by molar-refractivity contribution is 5.57. The highest BCUT2D eigenvalue weighted by atomic mass is 15.1. The molecule has 0 saturated heterocycles. The van der Waals surface area contributed by atoms with Crippen molar-refractivity contribution in [2.24, 2.45) is 0 Å². The molecule has 0 radical (unpaired) electrons. The van der Waals surface area contributed by atoms with Crippen LogP contribution in [0.15, 0.2) is 31.0 Å². The topological polar surface area (TPSA) is 88.8 Å². The SMILES string of the molecule is C=C(NC)c1cccc(CCc2cnc(N)nc2NCCCCC)n1. The molecule has 25 heavy (non-hydrogen) atoms. The number of nitrogen functional groups attached to an aromatic ring is 1. The lowest BCUT2D eigenvalue weighted by Crippen LogP contribution is -2.10. The molecule has 0 aromatic carbocycles. The number of nitrogens with two attached hydrogens (primary N) is 1. The van der Waals surface area contributed by atoms with Gasteiger partial charge in [0.1, 0.15) is 5.82 Å². The fourth-order valence-corrected chi connectivity index (χ4v) is 2.52. The maximum atomic E-state index is 5.74. The number of nitrogens with zero attached hydrogens (tertiary/aromatic N) is 3. The number of hydrogen-bond acceptors (Lipinski definition) is 6. The Balaban J connectivity index is 2.03. The van der Waals surface area contributed by atoms with Crippen molar-refractivity contribution in [2.75, 3.05) is 24.6 Å². The first-order chi connectivity index (χ1) is 12.1. The first-order valence-corrected chi connectivity index (χ1v) is 8.82. The highest BCUT2D eigenvalue weighted by Gasteiger charge is 2.08. The highest BCUT2D eigenvalue weighted by Crippen LogP contribution is 2.16. The van der Waals surface area contributed by atoms with E-state index in [-0.39, 0.29) is 0 Å². The molecule has 0 aliphatic rings. The van der Waals surface area contributed by atoms with E-state index < -0.39 is 0 Å². The number of nitrogens with one attached hydrogen (secondary N) is 2. The predicted octanol–water partition coefficient (Wildman–Crippen LogP) is 3.03. The standard InChI is InChI=1S/C19H28N6/c1-4-5-6-12-22-18-15(13-23-19(20)25-18)10-11-16-8-7-9-17(24-16)14(2)21-3/h7-9,13,21H,2,4-6,10-12H2,1,3H3,(H3,20,22,23,25). The van der Waals surface area contributed by atoms with Gasteiger partial charge < -0.3 is 16.4 Å². The minimum Gasteiger partial charge on any atom is -0.387 e. The molecule has 0 saturated carbocycles. The van der Waals surface area contributed by atoms with Gasteiger partial charge in [-0.05, 0) is 31.4 Å². The Morgan fingerprint density at radius 2 is 2.04 bits per heavy atom. The second-order valence-corrected chi connectivity index (χ2v) is 5.98. The third kappa shape index (κ3) is 5.74. The average molecular weight is 340 g/mol. The van der Waals surface area contributed by atoms with E-state index >= 15 is 0 Å². The monoisotopic (exact) mass is 340 g/mol. The van der Waals surface area contributed by atoms with E-state index in [1.165, 1.54) is 12.8 Å². The molecule has 2 heterocycles. The Morgan fingerprint density at radius 3 is 2.80 bits per heavy atom. The van der Waals surface area contributed by atoms with E-state index in [1.54, 1.807) is 6.20 Å². The Morgan fingerprint density at radius 1 is 1.20 bits per heavy atom. The van der Waals surface area contributed by atoms with Crippen LogP contribution in [0.5, 0.6) is 0 Å². The third-order valence-electron chi connectivity index (χ3n) is 4.02. The number of hydrogen-bond donors (Lipinski definition) is 3. The number of rotatable bonds is 10. The van der Waals surface area contributed by atoms with E-state index in [1.807, 2.05) is 25.2 Å². The summed E-state index contributed by atoms with van der Waals surface area (Å²) in [6.45, 7) is 7.05. The van der Waals surface area contributed by atoms with Crippen LogP contribution in [0.25, 0.3) is 5.70 Å². The number of pyridine rings is 1. The van der Waals surface area contributed by atoms with Gasteiger partial charge in [-0.3, -0.25) is 4.98 Å². The normalized spacial score (nSPS) is 10.5. The van der Waals surface area contributed by atoms with Crippen LogP contribution in [0, 0.1) is 0 Å². The van der Waals surface area contributed by atoms with Crippen LogP contribution in [-0.2, 0) is 12.8 Å². The Labute approximate surface area is 150 Å². The molecule has 2 aromatic heterocycles. The maximum absolute atomic E-state index is 5.74. The zero-order valence-corrected chi connectivity index (χ0v) is 15.2.